The van der Waals surface area contributed by atoms with E-state index < -0.39 is 0 Å². The molecule has 1 heterocycles. The maximum absolute atomic E-state index is 8.80. The fourth-order valence-corrected chi connectivity index (χ4v) is 2.39. The van der Waals surface area contributed by atoms with Crippen molar-refractivity contribution in [1.82, 2.24) is 0 Å². The molecule has 0 amide bonds. The number of aryl methyl sites for hydroxylation is 1. The first-order chi connectivity index (χ1) is 8.86. The molecule has 1 aliphatic heterocycles. The van der Waals surface area contributed by atoms with E-state index in [4.69, 9.17) is 5.26 Å². The Balaban J connectivity index is 1.98. The van der Waals surface area contributed by atoms with Crippen molar-refractivity contribution in [3.8, 4) is 17.2 Å². The Kier molecular flexibility index (Phi) is 2.74. The molecule has 2 heteroatoms. The van der Waals surface area contributed by atoms with Gasteiger partial charge in [0.2, 0.25) is 0 Å². The molecular formula is C16H14N2. The van der Waals surface area contributed by atoms with Crippen molar-refractivity contribution in [3.05, 3.63) is 53.6 Å². The quantitative estimate of drug-likeness (QED) is 0.818. The molecule has 0 aromatic heterocycles. The van der Waals surface area contributed by atoms with Crippen molar-refractivity contribution in [2.24, 2.45) is 0 Å². The van der Waals surface area contributed by atoms with Crippen LogP contribution in [0.2, 0.25) is 0 Å². The van der Waals surface area contributed by atoms with Crippen LogP contribution in [-0.2, 0) is 6.42 Å². The SMILES string of the molecule is N#Cc1ccc(-c2ccc3c(c2)CCCN3)cc1. The van der Waals surface area contributed by atoms with Crippen LogP contribution in [0.1, 0.15) is 17.5 Å². The summed E-state index contributed by atoms with van der Waals surface area (Å²) in [5.74, 6) is 0. The van der Waals surface area contributed by atoms with Gasteiger partial charge in [-0.25, -0.2) is 0 Å². The number of hydrogen-bond donors (Lipinski definition) is 1. The van der Waals surface area contributed by atoms with E-state index >= 15 is 0 Å². The van der Waals surface area contributed by atoms with Gasteiger partial charge >= 0.3 is 0 Å². The van der Waals surface area contributed by atoms with E-state index in [-0.39, 0.29) is 0 Å². The summed E-state index contributed by atoms with van der Waals surface area (Å²) >= 11 is 0. The Bertz CT molecular complexity index is 606. The number of hydrogen-bond acceptors (Lipinski definition) is 2. The normalized spacial score (nSPS) is 13.3. The van der Waals surface area contributed by atoms with Gasteiger partial charge in [0.25, 0.3) is 0 Å². The maximum Gasteiger partial charge on any atom is 0.0991 e. The summed E-state index contributed by atoms with van der Waals surface area (Å²) in [4.78, 5) is 0. The van der Waals surface area contributed by atoms with Gasteiger partial charge < -0.3 is 5.32 Å². The van der Waals surface area contributed by atoms with Gasteiger partial charge in [0, 0.05) is 12.2 Å². The minimum Gasteiger partial charge on any atom is -0.385 e. The van der Waals surface area contributed by atoms with Crippen LogP contribution in [0.25, 0.3) is 11.1 Å². The highest BCUT2D eigenvalue weighted by Crippen LogP contribution is 2.28. The zero-order valence-electron chi connectivity index (χ0n) is 10.1. The number of nitrogens with one attached hydrogen (secondary N) is 1. The molecule has 2 nitrogen and oxygen atoms in total. The first kappa shape index (κ1) is 10.9. The molecule has 2 aromatic carbocycles. The maximum atomic E-state index is 8.80. The van der Waals surface area contributed by atoms with Gasteiger partial charge in [-0.3, -0.25) is 0 Å². The molecule has 1 N–H and O–H groups in total. The van der Waals surface area contributed by atoms with Crippen LogP contribution in [0, 0.1) is 11.3 Å². The molecule has 1 aliphatic rings. The summed E-state index contributed by atoms with van der Waals surface area (Å²) in [5.41, 5.74) is 5.75. The summed E-state index contributed by atoms with van der Waals surface area (Å²) in [6.45, 7) is 1.07. The molecule has 3 rings (SSSR count). The van der Waals surface area contributed by atoms with E-state index in [0.29, 0.717) is 5.56 Å². The minimum atomic E-state index is 0.707. The van der Waals surface area contributed by atoms with Gasteiger partial charge in [-0.15, -0.1) is 0 Å². The summed E-state index contributed by atoms with van der Waals surface area (Å²) in [6.07, 6.45) is 2.34. The van der Waals surface area contributed by atoms with Crippen molar-refractivity contribution in [3.63, 3.8) is 0 Å². The van der Waals surface area contributed by atoms with Gasteiger partial charge in [0.1, 0.15) is 0 Å². The van der Waals surface area contributed by atoms with Gasteiger partial charge in [-0.05, 0) is 53.8 Å². The minimum absolute atomic E-state index is 0.707. The predicted octanol–water partition coefficient (Wildman–Crippen LogP) is 3.58. The summed E-state index contributed by atoms with van der Waals surface area (Å²) in [7, 11) is 0. The van der Waals surface area contributed by atoms with E-state index in [1.807, 2.05) is 24.3 Å². The van der Waals surface area contributed by atoms with Crippen molar-refractivity contribution in [2.75, 3.05) is 11.9 Å². The largest absolute Gasteiger partial charge is 0.385 e. The van der Waals surface area contributed by atoms with Gasteiger partial charge in [-0.2, -0.15) is 5.26 Å². The van der Waals surface area contributed by atoms with Crippen molar-refractivity contribution >= 4 is 5.69 Å². The average Bonchev–Trinajstić information content (AvgIpc) is 2.47. The lowest BCUT2D eigenvalue weighted by Crippen LogP contribution is -2.11. The Morgan fingerprint density at radius 1 is 1.00 bits per heavy atom. The highest BCUT2D eigenvalue weighted by Gasteiger charge is 2.09. The van der Waals surface area contributed by atoms with E-state index in [2.05, 4.69) is 29.6 Å². The summed E-state index contributed by atoms with van der Waals surface area (Å²) < 4.78 is 0. The van der Waals surface area contributed by atoms with Crippen LogP contribution in [-0.4, -0.2) is 6.54 Å². The van der Waals surface area contributed by atoms with Crippen LogP contribution in [0.3, 0.4) is 0 Å². The molecule has 0 bridgehead atoms. The number of fused-ring (bicyclic) bond motifs is 1. The first-order valence-corrected chi connectivity index (χ1v) is 6.24. The van der Waals surface area contributed by atoms with Crippen LogP contribution in [0.5, 0.6) is 0 Å². The third kappa shape index (κ3) is 1.96. The van der Waals surface area contributed by atoms with E-state index in [1.165, 1.54) is 28.8 Å². The second-order valence-corrected chi connectivity index (χ2v) is 4.59. The van der Waals surface area contributed by atoms with Gasteiger partial charge in [0.15, 0.2) is 0 Å². The molecule has 2 aromatic rings. The van der Waals surface area contributed by atoms with Crippen molar-refractivity contribution < 1.29 is 0 Å². The topological polar surface area (TPSA) is 35.8 Å². The van der Waals surface area contributed by atoms with Crippen LogP contribution >= 0.6 is 0 Å². The third-order valence-corrected chi connectivity index (χ3v) is 3.39. The molecule has 0 unspecified atom stereocenters. The van der Waals surface area contributed by atoms with Gasteiger partial charge in [-0.1, -0.05) is 18.2 Å². The molecule has 18 heavy (non-hydrogen) atoms. The number of rotatable bonds is 1. The predicted molar refractivity (Wildman–Crippen MR) is 73.4 cm³/mol. The molecule has 88 valence electrons. The van der Waals surface area contributed by atoms with E-state index in [9.17, 15) is 0 Å². The molecule has 0 atom stereocenters. The highest BCUT2D eigenvalue weighted by molar-refractivity contribution is 5.69. The molecule has 0 saturated carbocycles. The second kappa shape index (κ2) is 4.54. The fraction of sp³-hybridized carbons (Fsp3) is 0.188. The zero-order chi connectivity index (χ0) is 12.4. The molecule has 0 radical (unpaired) electrons. The Hall–Kier alpha value is -2.27. The second-order valence-electron chi connectivity index (χ2n) is 4.59. The number of nitrogens with zero attached hydrogens (tertiary/aromatic N) is 1. The van der Waals surface area contributed by atoms with E-state index in [1.54, 1.807) is 0 Å². The number of benzene rings is 2. The van der Waals surface area contributed by atoms with Crippen LogP contribution in [0.4, 0.5) is 5.69 Å². The van der Waals surface area contributed by atoms with Crippen LogP contribution in [0.15, 0.2) is 42.5 Å². The van der Waals surface area contributed by atoms with E-state index in [0.717, 1.165) is 13.0 Å². The zero-order valence-corrected chi connectivity index (χ0v) is 10.1. The number of anilines is 1. The van der Waals surface area contributed by atoms with Crippen LogP contribution < -0.4 is 5.32 Å². The van der Waals surface area contributed by atoms with Gasteiger partial charge in [0.05, 0.1) is 11.6 Å². The smallest absolute Gasteiger partial charge is 0.0991 e. The van der Waals surface area contributed by atoms with Crippen molar-refractivity contribution in [2.45, 2.75) is 12.8 Å². The molecule has 0 fully saturated rings. The average molecular weight is 234 g/mol. The lowest BCUT2D eigenvalue weighted by molar-refractivity contribution is 0.830. The molecule has 0 saturated heterocycles. The number of nitriles is 1. The van der Waals surface area contributed by atoms with Crippen molar-refractivity contribution in [1.29, 1.82) is 5.26 Å². The molecule has 0 aliphatic carbocycles. The summed E-state index contributed by atoms with van der Waals surface area (Å²) in [6, 6.07) is 16.4. The molecular weight excluding hydrogens is 220 g/mol. The standard InChI is InChI=1S/C16H14N2/c17-11-12-3-5-13(6-4-12)14-7-8-16-15(10-14)2-1-9-18-16/h3-8,10,18H,1-2,9H2. The monoisotopic (exact) mass is 234 g/mol. The third-order valence-electron chi connectivity index (χ3n) is 3.39. The Morgan fingerprint density at radius 2 is 1.78 bits per heavy atom. The highest BCUT2D eigenvalue weighted by atomic mass is 14.9. The fourth-order valence-electron chi connectivity index (χ4n) is 2.39. The lowest BCUT2D eigenvalue weighted by Gasteiger charge is -2.18. The molecule has 0 spiro atoms. The summed E-state index contributed by atoms with van der Waals surface area (Å²) in [5, 5.41) is 12.2. The Labute approximate surface area is 107 Å². The first-order valence-electron chi connectivity index (χ1n) is 6.24. The lowest BCUT2D eigenvalue weighted by atomic mass is 9.97. The Morgan fingerprint density at radius 3 is 2.56 bits per heavy atom.